The zero-order chi connectivity index (χ0) is 16.9. The fraction of sp³-hybridized carbons (Fsp3) is 0.706. The third kappa shape index (κ3) is 4.95. The highest BCUT2D eigenvalue weighted by atomic mass is 35.5. The topological polar surface area (TPSA) is 70.6 Å². The zero-order valence-electron chi connectivity index (χ0n) is 15.0. The Morgan fingerprint density at radius 3 is 2.80 bits per heavy atom. The molecule has 2 aliphatic rings. The molecule has 0 unspecified atom stereocenters. The molecule has 7 nitrogen and oxygen atoms in total. The summed E-state index contributed by atoms with van der Waals surface area (Å²) in [5.41, 5.74) is 0. The molecule has 2 fully saturated rings. The van der Waals surface area contributed by atoms with E-state index in [1.54, 1.807) is 12.3 Å². The molecule has 3 heterocycles. The van der Waals surface area contributed by atoms with Crippen molar-refractivity contribution < 1.29 is 9.53 Å². The third-order valence-corrected chi connectivity index (χ3v) is 4.76. The van der Waals surface area contributed by atoms with Crippen molar-refractivity contribution in [2.75, 3.05) is 44.2 Å². The molecule has 2 aliphatic heterocycles. The van der Waals surface area contributed by atoms with Crippen LogP contribution in [0.15, 0.2) is 12.3 Å². The molecule has 0 aliphatic carbocycles. The zero-order valence-corrected chi connectivity index (χ0v) is 15.8. The molecule has 8 heteroatoms. The molecule has 1 amide bonds. The number of carbonyl (C=O) groups excluding carboxylic acids is 1. The number of piperazine rings is 1. The summed E-state index contributed by atoms with van der Waals surface area (Å²) < 4.78 is 5.44. The lowest BCUT2D eigenvalue weighted by molar-refractivity contribution is -0.137. The summed E-state index contributed by atoms with van der Waals surface area (Å²) in [6.45, 7) is 8.62. The second-order valence-electron chi connectivity index (χ2n) is 6.52. The first-order valence-electron chi connectivity index (χ1n) is 8.90. The van der Waals surface area contributed by atoms with E-state index >= 15 is 0 Å². The Balaban J connectivity index is 0.00000225. The minimum absolute atomic E-state index is 0. The molecule has 3 rings (SSSR count). The van der Waals surface area contributed by atoms with Crippen LogP contribution in [0.1, 0.15) is 26.7 Å². The number of piperidine rings is 1. The number of nitrogens with one attached hydrogen (secondary N) is 1. The van der Waals surface area contributed by atoms with Crippen molar-refractivity contribution in [2.24, 2.45) is 5.92 Å². The van der Waals surface area contributed by atoms with Crippen molar-refractivity contribution in [3.63, 3.8) is 0 Å². The van der Waals surface area contributed by atoms with Crippen LogP contribution in [0.25, 0.3) is 0 Å². The van der Waals surface area contributed by atoms with E-state index in [0.717, 1.165) is 45.6 Å². The summed E-state index contributed by atoms with van der Waals surface area (Å²) in [6.07, 6.45) is 3.61. The minimum atomic E-state index is 0. The molecule has 0 bridgehead atoms. The van der Waals surface area contributed by atoms with Crippen molar-refractivity contribution in [3.05, 3.63) is 12.3 Å². The summed E-state index contributed by atoms with van der Waals surface area (Å²) in [5.74, 6) is 1.77. The Hall–Kier alpha value is -1.60. The number of ether oxygens (including phenoxy) is 1. The molecule has 2 atom stereocenters. The SMILES string of the molecule is CCOc1ccnc(N2CCN(C(=O)[C@H]3CCN[C@@H](C)C3)CC2)n1.Cl. The van der Waals surface area contributed by atoms with Crippen LogP contribution in [-0.4, -0.2) is 66.1 Å². The van der Waals surface area contributed by atoms with Crippen LogP contribution >= 0.6 is 12.4 Å². The van der Waals surface area contributed by atoms with E-state index in [4.69, 9.17) is 4.74 Å². The van der Waals surface area contributed by atoms with Crippen molar-refractivity contribution in [3.8, 4) is 5.88 Å². The van der Waals surface area contributed by atoms with Gasteiger partial charge in [0.15, 0.2) is 0 Å². The first-order valence-corrected chi connectivity index (χ1v) is 8.90. The molecule has 0 spiro atoms. The van der Waals surface area contributed by atoms with Crippen molar-refractivity contribution in [1.29, 1.82) is 0 Å². The van der Waals surface area contributed by atoms with E-state index in [-0.39, 0.29) is 18.3 Å². The monoisotopic (exact) mass is 369 g/mol. The lowest BCUT2D eigenvalue weighted by atomic mass is 9.92. The second-order valence-corrected chi connectivity index (χ2v) is 6.52. The predicted molar refractivity (Wildman–Crippen MR) is 99.4 cm³/mol. The normalized spacial score (nSPS) is 23.8. The Morgan fingerprint density at radius 1 is 1.36 bits per heavy atom. The summed E-state index contributed by atoms with van der Waals surface area (Å²) >= 11 is 0. The molecule has 0 aromatic carbocycles. The molecule has 1 aromatic rings. The predicted octanol–water partition coefficient (Wildman–Crippen LogP) is 1.33. The van der Waals surface area contributed by atoms with Gasteiger partial charge in [0.1, 0.15) is 0 Å². The molecular formula is C17H28ClN5O2. The fourth-order valence-corrected chi connectivity index (χ4v) is 3.45. The maximum Gasteiger partial charge on any atom is 0.228 e. The van der Waals surface area contributed by atoms with Gasteiger partial charge >= 0.3 is 0 Å². The average Bonchev–Trinajstić information content (AvgIpc) is 2.62. The van der Waals surface area contributed by atoms with Crippen molar-refractivity contribution >= 4 is 24.3 Å². The Kier molecular flexibility index (Phi) is 7.25. The minimum Gasteiger partial charge on any atom is -0.478 e. The highest BCUT2D eigenvalue weighted by Gasteiger charge is 2.30. The quantitative estimate of drug-likeness (QED) is 0.863. The van der Waals surface area contributed by atoms with Crippen LogP contribution in [0.3, 0.4) is 0 Å². The van der Waals surface area contributed by atoms with Crippen molar-refractivity contribution in [1.82, 2.24) is 20.2 Å². The summed E-state index contributed by atoms with van der Waals surface area (Å²) in [4.78, 5) is 25.6. The van der Waals surface area contributed by atoms with Gasteiger partial charge < -0.3 is 19.9 Å². The number of aromatic nitrogens is 2. The number of amides is 1. The Bertz CT molecular complexity index is 566. The molecule has 1 N–H and O–H groups in total. The smallest absolute Gasteiger partial charge is 0.228 e. The van der Waals surface area contributed by atoms with Gasteiger partial charge in [0, 0.05) is 50.4 Å². The van der Waals surface area contributed by atoms with E-state index < -0.39 is 0 Å². The highest BCUT2D eigenvalue weighted by Crippen LogP contribution is 2.21. The van der Waals surface area contributed by atoms with Gasteiger partial charge in [-0.25, -0.2) is 4.98 Å². The highest BCUT2D eigenvalue weighted by molar-refractivity contribution is 5.85. The first-order chi connectivity index (χ1) is 11.7. The van der Waals surface area contributed by atoms with Gasteiger partial charge in [0.25, 0.3) is 0 Å². The average molecular weight is 370 g/mol. The van der Waals surface area contributed by atoms with E-state index in [9.17, 15) is 4.79 Å². The summed E-state index contributed by atoms with van der Waals surface area (Å²) in [7, 11) is 0. The van der Waals surface area contributed by atoms with Crippen LogP contribution < -0.4 is 15.0 Å². The lowest BCUT2D eigenvalue weighted by Gasteiger charge is -2.38. The van der Waals surface area contributed by atoms with Gasteiger partial charge in [0.05, 0.1) is 6.61 Å². The van der Waals surface area contributed by atoms with Gasteiger partial charge in [-0.1, -0.05) is 0 Å². The van der Waals surface area contributed by atoms with Gasteiger partial charge in [0.2, 0.25) is 17.7 Å². The van der Waals surface area contributed by atoms with E-state index in [1.165, 1.54) is 0 Å². The van der Waals surface area contributed by atoms with Crippen LogP contribution in [0.5, 0.6) is 5.88 Å². The van der Waals surface area contributed by atoms with Crippen LogP contribution in [-0.2, 0) is 4.79 Å². The summed E-state index contributed by atoms with van der Waals surface area (Å²) in [5, 5.41) is 3.41. The molecule has 1 aromatic heterocycles. The number of carbonyl (C=O) groups is 1. The van der Waals surface area contributed by atoms with E-state index in [2.05, 4.69) is 27.1 Å². The Labute approximate surface area is 155 Å². The lowest BCUT2D eigenvalue weighted by Crippen LogP contribution is -2.52. The van der Waals surface area contributed by atoms with Gasteiger partial charge in [-0.15, -0.1) is 12.4 Å². The van der Waals surface area contributed by atoms with E-state index in [0.29, 0.717) is 30.4 Å². The number of anilines is 1. The summed E-state index contributed by atoms with van der Waals surface area (Å²) in [6, 6.07) is 2.20. The van der Waals surface area contributed by atoms with Crippen LogP contribution in [0.2, 0.25) is 0 Å². The molecule has 0 radical (unpaired) electrons. The molecule has 25 heavy (non-hydrogen) atoms. The maximum atomic E-state index is 12.7. The largest absolute Gasteiger partial charge is 0.478 e. The fourth-order valence-electron chi connectivity index (χ4n) is 3.45. The van der Waals surface area contributed by atoms with Gasteiger partial charge in [-0.05, 0) is 33.2 Å². The molecule has 2 saturated heterocycles. The number of rotatable bonds is 4. The molecular weight excluding hydrogens is 342 g/mol. The number of halogens is 1. The number of nitrogens with zero attached hydrogens (tertiary/aromatic N) is 4. The number of hydrogen-bond donors (Lipinski definition) is 1. The Morgan fingerprint density at radius 2 is 2.12 bits per heavy atom. The van der Waals surface area contributed by atoms with E-state index in [1.807, 2.05) is 11.8 Å². The maximum absolute atomic E-state index is 12.7. The van der Waals surface area contributed by atoms with Crippen LogP contribution in [0.4, 0.5) is 5.95 Å². The van der Waals surface area contributed by atoms with Gasteiger partial charge in [-0.2, -0.15) is 4.98 Å². The molecule has 0 saturated carbocycles. The first kappa shape index (κ1) is 19.7. The molecule has 140 valence electrons. The second kappa shape index (κ2) is 9.20. The standard InChI is InChI=1S/C17H27N5O2.ClH/c1-3-24-15-5-7-19-17(20-15)22-10-8-21(9-11-22)16(23)14-4-6-18-13(2)12-14;/h5,7,13-14,18H,3-4,6,8-12H2,1-2H3;1H/t13-,14-;/m0./s1. The van der Waals surface area contributed by atoms with Gasteiger partial charge in [-0.3, -0.25) is 4.79 Å². The number of hydrogen-bond acceptors (Lipinski definition) is 6. The van der Waals surface area contributed by atoms with Crippen LogP contribution in [0, 0.1) is 5.92 Å². The van der Waals surface area contributed by atoms with Crippen molar-refractivity contribution in [2.45, 2.75) is 32.7 Å². The third-order valence-electron chi connectivity index (χ3n) is 4.76.